The number of benzene rings is 3. The first-order chi connectivity index (χ1) is 17.6. The van der Waals surface area contributed by atoms with Crippen molar-refractivity contribution in [1.82, 2.24) is 14.9 Å². The van der Waals surface area contributed by atoms with Gasteiger partial charge in [0.05, 0.1) is 5.69 Å². The molecular weight excluding hydrogens is 508 g/mol. The molecule has 0 bridgehead atoms. The van der Waals surface area contributed by atoms with E-state index in [4.69, 9.17) is 4.98 Å². The SMILES string of the molecule is CCCCN(C)CCc1ccc(Nc2ncc3c(n2)-c2ccccc2[C@H](c2ccc(Br)cc2)C3)cc1. The number of nitrogens with zero attached hydrogens (tertiary/aromatic N) is 3. The molecule has 1 aliphatic carbocycles. The van der Waals surface area contributed by atoms with Crippen molar-refractivity contribution in [3.63, 3.8) is 0 Å². The minimum Gasteiger partial charge on any atom is -0.324 e. The molecule has 5 heteroatoms. The number of unbranched alkanes of at least 4 members (excludes halogenated alkanes) is 1. The molecule has 184 valence electrons. The number of halogens is 1. The molecule has 1 aromatic heterocycles. The van der Waals surface area contributed by atoms with E-state index in [1.54, 1.807) is 0 Å². The number of anilines is 2. The van der Waals surface area contributed by atoms with Gasteiger partial charge in [0.1, 0.15) is 0 Å². The van der Waals surface area contributed by atoms with Crippen LogP contribution in [0.1, 0.15) is 47.9 Å². The Morgan fingerprint density at radius 1 is 0.972 bits per heavy atom. The summed E-state index contributed by atoms with van der Waals surface area (Å²) in [6.07, 6.45) is 6.46. The van der Waals surface area contributed by atoms with Gasteiger partial charge in [0, 0.05) is 34.4 Å². The van der Waals surface area contributed by atoms with E-state index < -0.39 is 0 Å². The van der Waals surface area contributed by atoms with Crippen LogP contribution in [0.15, 0.2) is 83.5 Å². The highest BCUT2D eigenvalue weighted by Gasteiger charge is 2.27. The molecule has 36 heavy (non-hydrogen) atoms. The second-order valence-corrected chi connectivity index (χ2v) is 10.6. The minimum atomic E-state index is 0.303. The first-order valence-corrected chi connectivity index (χ1v) is 13.6. The molecule has 0 saturated heterocycles. The zero-order valence-corrected chi connectivity index (χ0v) is 22.6. The normalized spacial score (nSPS) is 14.4. The van der Waals surface area contributed by atoms with Gasteiger partial charge in [-0.3, -0.25) is 0 Å². The Kier molecular flexibility index (Phi) is 7.78. The number of aromatic nitrogens is 2. The van der Waals surface area contributed by atoms with Crippen LogP contribution in [-0.4, -0.2) is 35.0 Å². The molecule has 0 amide bonds. The summed E-state index contributed by atoms with van der Waals surface area (Å²) in [5, 5.41) is 3.42. The van der Waals surface area contributed by atoms with Gasteiger partial charge in [0.15, 0.2) is 0 Å². The molecule has 4 nitrogen and oxygen atoms in total. The van der Waals surface area contributed by atoms with Gasteiger partial charge < -0.3 is 10.2 Å². The maximum atomic E-state index is 4.97. The van der Waals surface area contributed by atoms with E-state index in [9.17, 15) is 0 Å². The van der Waals surface area contributed by atoms with Crippen LogP contribution in [0, 0.1) is 0 Å². The van der Waals surface area contributed by atoms with Crippen molar-refractivity contribution in [3.8, 4) is 11.3 Å². The number of likely N-dealkylation sites (N-methyl/N-ethyl adjacent to an activating group) is 1. The van der Waals surface area contributed by atoms with Gasteiger partial charge in [-0.2, -0.15) is 0 Å². The predicted molar refractivity (Wildman–Crippen MR) is 153 cm³/mol. The molecule has 1 heterocycles. The quantitative estimate of drug-likeness (QED) is 0.237. The van der Waals surface area contributed by atoms with Crippen molar-refractivity contribution in [2.45, 2.75) is 38.5 Å². The first kappa shape index (κ1) is 24.7. The van der Waals surface area contributed by atoms with Gasteiger partial charge in [-0.25, -0.2) is 9.97 Å². The van der Waals surface area contributed by atoms with Crippen LogP contribution in [0.2, 0.25) is 0 Å². The van der Waals surface area contributed by atoms with Crippen molar-refractivity contribution in [1.29, 1.82) is 0 Å². The average Bonchev–Trinajstić information content (AvgIpc) is 2.91. The molecule has 1 aliphatic rings. The highest BCUT2D eigenvalue weighted by atomic mass is 79.9. The van der Waals surface area contributed by atoms with Crippen LogP contribution in [0.5, 0.6) is 0 Å². The number of nitrogens with one attached hydrogen (secondary N) is 1. The van der Waals surface area contributed by atoms with Crippen molar-refractivity contribution >= 4 is 27.6 Å². The summed E-state index contributed by atoms with van der Waals surface area (Å²) in [5.74, 6) is 0.940. The van der Waals surface area contributed by atoms with E-state index in [1.165, 1.54) is 47.2 Å². The first-order valence-electron chi connectivity index (χ1n) is 12.9. The molecule has 0 radical (unpaired) electrons. The van der Waals surface area contributed by atoms with Crippen LogP contribution in [0.3, 0.4) is 0 Å². The lowest BCUT2D eigenvalue weighted by Gasteiger charge is -2.27. The number of hydrogen-bond acceptors (Lipinski definition) is 4. The number of hydrogen-bond donors (Lipinski definition) is 1. The Morgan fingerprint density at radius 2 is 1.75 bits per heavy atom. The zero-order chi connectivity index (χ0) is 24.9. The summed E-state index contributed by atoms with van der Waals surface area (Å²) in [5.41, 5.74) is 8.41. The van der Waals surface area contributed by atoms with Crippen LogP contribution in [-0.2, 0) is 12.8 Å². The molecular formula is C31H33BrN4. The monoisotopic (exact) mass is 540 g/mol. The lowest BCUT2D eigenvalue weighted by molar-refractivity contribution is 0.332. The summed E-state index contributed by atoms with van der Waals surface area (Å²) in [7, 11) is 2.21. The molecule has 3 aromatic carbocycles. The van der Waals surface area contributed by atoms with E-state index in [-0.39, 0.29) is 0 Å². The van der Waals surface area contributed by atoms with Gasteiger partial charge >= 0.3 is 0 Å². The van der Waals surface area contributed by atoms with Gasteiger partial charge in [-0.05, 0) is 79.4 Å². The molecule has 0 spiro atoms. The van der Waals surface area contributed by atoms with Gasteiger partial charge in [-0.1, -0.05) is 77.8 Å². The Balaban J connectivity index is 1.31. The van der Waals surface area contributed by atoms with Gasteiger partial charge in [-0.15, -0.1) is 0 Å². The third-order valence-corrected chi connectivity index (χ3v) is 7.57. The van der Waals surface area contributed by atoms with Crippen molar-refractivity contribution < 1.29 is 0 Å². The lowest BCUT2D eigenvalue weighted by Crippen LogP contribution is -2.22. The van der Waals surface area contributed by atoms with E-state index in [1.807, 2.05) is 6.20 Å². The number of fused-ring (bicyclic) bond motifs is 3. The maximum absolute atomic E-state index is 4.97. The van der Waals surface area contributed by atoms with E-state index in [0.717, 1.165) is 35.2 Å². The third kappa shape index (κ3) is 5.69. The topological polar surface area (TPSA) is 41.0 Å². The fourth-order valence-electron chi connectivity index (χ4n) is 4.93. The largest absolute Gasteiger partial charge is 0.324 e. The van der Waals surface area contributed by atoms with Crippen molar-refractivity contribution in [2.24, 2.45) is 0 Å². The molecule has 0 saturated carbocycles. The summed E-state index contributed by atoms with van der Waals surface area (Å²) in [6, 6.07) is 25.9. The fourth-order valence-corrected chi connectivity index (χ4v) is 5.20. The Hall–Kier alpha value is -3.02. The summed E-state index contributed by atoms with van der Waals surface area (Å²) in [6.45, 7) is 4.49. The Morgan fingerprint density at radius 3 is 2.53 bits per heavy atom. The predicted octanol–water partition coefficient (Wildman–Crippen LogP) is 7.61. The average molecular weight is 542 g/mol. The fraction of sp³-hybridized carbons (Fsp3) is 0.290. The highest BCUT2D eigenvalue weighted by molar-refractivity contribution is 9.10. The smallest absolute Gasteiger partial charge is 0.227 e. The van der Waals surface area contributed by atoms with Crippen LogP contribution in [0.4, 0.5) is 11.6 Å². The Bertz CT molecular complexity index is 1300. The van der Waals surface area contributed by atoms with E-state index >= 15 is 0 Å². The molecule has 5 rings (SSSR count). The van der Waals surface area contributed by atoms with Crippen molar-refractivity contribution in [2.75, 3.05) is 25.5 Å². The summed E-state index contributed by atoms with van der Waals surface area (Å²) < 4.78 is 1.10. The second-order valence-electron chi connectivity index (χ2n) is 9.69. The zero-order valence-electron chi connectivity index (χ0n) is 21.0. The van der Waals surface area contributed by atoms with Crippen LogP contribution < -0.4 is 5.32 Å². The van der Waals surface area contributed by atoms with E-state index in [0.29, 0.717) is 11.9 Å². The molecule has 4 aromatic rings. The molecule has 0 unspecified atom stereocenters. The van der Waals surface area contributed by atoms with Crippen molar-refractivity contribution in [3.05, 3.63) is 106 Å². The maximum Gasteiger partial charge on any atom is 0.227 e. The third-order valence-electron chi connectivity index (χ3n) is 7.04. The molecule has 1 atom stereocenters. The molecule has 0 aliphatic heterocycles. The summed E-state index contributed by atoms with van der Waals surface area (Å²) >= 11 is 3.56. The van der Waals surface area contributed by atoms with Crippen LogP contribution >= 0.6 is 15.9 Å². The van der Waals surface area contributed by atoms with Gasteiger partial charge in [0.25, 0.3) is 0 Å². The summed E-state index contributed by atoms with van der Waals surface area (Å²) in [4.78, 5) is 12.1. The standard InChI is InChI=1S/C31H33BrN4/c1-3-4-18-36(2)19-17-22-9-15-26(16-10-22)34-31-33-21-24-20-29(23-11-13-25(32)14-12-23)27-7-5-6-8-28(27)30(24)35-31/h5-16,21,29H,3-4,17-20H2,1-2H3,(H,33,34,35)/t29-/m0/s1. The lowest BCUT2D eigenvalue weighted by atomic mass is 9.78. The number of rotatable bonds is 9. The minimum absolute atomic E-state index is 0.303. The van der Waals surface area contributed by atoms with Gasteiger partial charge in [0.2, 0.25) is 5.95 Å². The molecule has 0 fully saturated rings. The Labute approximate surface area is 222 Å². The van der Waals surface area contributed by atoms with Crippen LogP contribution in [0.25, 0.3) is 11.3 Å². The second kappa shape index (κ2) is 11.4. The highest BCUT2D eigenvalue weighted by Crippen LogP contribution is 2.42. The van der Waals surface area contributed by atoms with E-state index in [2.05, 4.69) is 118 Å². The molecule has 1 N–H and O–H groups in total.